The Labute approximate surface area is 169 Å². The molecule has 2 heterocycles. The normalized spacial score (nSPS) is 27.7. The Kier molecular flexibility index (Phi) is 7.05. The number of nitrogens with one attached hydrogen (secondary N) is 2. The fraction of sp³-hybridized carbons (Fsp3) is 0.600. The topological polar surface area (TPSA) is 111 Å². The van der Waals surface area contributed by atoms with Crippen molar-refractivity contribution in [3.8, 4) is 0 Å². The van der Waals surface area contributed by atoms with Crippen LogP contribution in [0.5, 0.6) is 0 Å². The number of carbonyl (C=O) groups excluding carboxylic acids is 2. The first-order chi connectivity index (χ1) is 13.8. The molecule has 0 aliphatic carbocycles. The Hall–Kier alpha value is -2.23. The molecule has 2 aliphatic rings. The molecule has 4 N–H and O–H groups in total. The van der Waals surface area contributed by atoms with Crippen LogP contribution in [0.2, 0.25) is 0 Å². The van der Waals surface area contributed by atoms with Gasteiger partial charge in [0.1, 0.15) is 24.1 Å². The van der Waals surface area contributed by atoms with Crippen LogP contribution >= 0.6 is 0 Å². The van der Waals surface area contributed by atoms with Crippen LogP contribution in [0.3, 0.4) is 0 Å². The van der Waals surface area contributed by atoms with Gasteiger partial charge in [-0.3, -0.25) is 4.79 Å². The highest BCUT2D eigenvalue weighted by Gasteiger charge is 2.43. The number of aliphatic hydroxyl groups excluding tert-OH is 2. The number of aliphatic hydroxyl groups is 2. The Morgan fingerprint density at radius 2 is 1.90 bits per heavy atom. The molecule has 2 saturated heterocycles. The Morgan fingerprint density at radius 1 is 1.21 bits per heavy atom. The maximum absolute atomic E-state index is 13.2. The van der Waals surface area contributed by atoms with E-state index < -0.39 is 36.3 Å². The van der Waals surface area contributed by atoms with Gasteiger partial charge in [0.2, 0.25) is 5.91 Å². The summed E-state index contributed by atoms with van der Waals surface area (Å²) in [7, 11) is 0. The maximum atomic E-state index is 13.2. The fourth-order valence-electron chi connectivity index (χ4n) is 3.66. The van der Waals surface area contributed by atoms with Crippen molar-refractivity contribution in [2.75, 3.05) is 25.0 Å². The van der Waals surface area contributed by atoms with Crippen molar-refractivity contribution in [3.63, 3.8) is 0 Å². The van der Waals surface area contributed by atoms with Crippen molar-refractivity contribution in [3.05, 3.63) is 30.1 Å². The molecule has 2 fully saturated rings. The molecule has 8 nitrogen and oxygen atoms in total. The molecule has 0 spiro atoms. The molecule has 2 aliphatic heterocycles. The Balaban J connectivity index is 1.46. The van der Waals surface area contributed by atoms with E-state index in [-0.39, 0.29) is 24.6 Å². The third kappa shape index (κ3) is 5.65. The molecule has 160 valence electrons. The monoisotopic (exact) mass is 409 g/mol. The number of rotatable bonds is 5. The minimum atomic E-state index is -1.22. The van der Waals surface area contributed by atoms with Gasteiger partial charge in [0.05, 0.1) is 12.5 Å². The van der Waals surface area contributed by atoms with E-state index in [0.29, 0.717) is 19.0 Å². The maximum Gasteiger partial charge on any atom is 0.319 e. The van der Waals surface area contributed by atoms with Crippen molar-refractivity contribution in [2.45, 2.75) is 50.6 Å². The number of nitrogens with zero attached hydrogens (tertiary/aromatic N) is 1. The summed E-state index contributed by atoms with van der Waals surface area (Å²) in [5.41, 5.74) is 0.287. The first-order valence-corrected chi connectivity index (χ1v) is 9.93. The van der Waals surface area contributed by atoms with Crippen molar-refractivity contribution < 1.29 is 28.9 Å². The summed E-state index contributed by atoms with van der Waals surface area (Å²) in [5, 5.41) is 25.4. The number of urea groups is 1. The van der Waals surface area contributed by atoms with Crippen LogP contribution in [-0.2, 0) is 9.53 Å². The van der Waals surface area contributed by atoms with E-state index in [2.05, 4.69) is 17.6 Å². The zero-order chi connectivity index (χ0) is 21.0. The molecule has 1 aromatic carbocycles. The molecule has 0 unspecified atom stereocenters. The lowest BCUT2D eigenvalue weighted by molar-refractivity contribution is -0.136. The molecule has 0 saturated carbocycles. The molecule has 9 heteroatoms. The van der Waals surface area contributed by atoms with Crippen molar-refractivity contribution >= 4 is 17.6 Å². The van der Waals surface area contributed by atoms with Gasteiger partial charge in [-0.15, -0.1) is 0 Å². The van der Waals surface area contributed by atoms with Crippen molar-refractivity contribution in [1.29, 1.82) is 0 Å². The first-order valence-electron chi connectivity index (χ1n) is 9.93. The molecule has 0 radical (unpaired) electrons. The lowest BCUT2D eigenvalue weighted by atomic mass is 9.98. The molecule has 1 aromatic rings. The number of hydrogen-bond acceptors (Lipinski definition) is 5. The molecule has 4 atom stereocenters. The van der Waals surface area contributed by atoms with Crippen molar-refractivity contribution in [1.82, 2.24) is 10.2 Å². The summed E-state index contributed by atoms with van der Waals surface area (Å²) < 4.78 is 18.8. The third-order valence-electron chi connectivity index (χ3n) is 5.52. The largest absolute Gasteiger partial charge is 0.388 e. The van der Waals surface area contributed by atoms with E-state index in [1.54, 1.807) is 4.90 Å². The van der Waals surface area contributed by atoms with Gasteiger partial charge in [-0.2, -0.15) is 0 Å². The van der Waals surface area contributed by atoms with Crippen LogP contribution in [-0.4, -0.2) is 71.1 Å². The summed E-state index contributed by atoms with van der Waals surface area (Å²) in [4.78, 5) is 26.2. The van der Waals surface area contributed by atoms with Gasteiger partial charge >= 0.3 is 6.03 Å². The number of halogens is 1. The molecular weight excluding hydrogens is 381 g/mol. The van der Waals surface area contributed by atoms with Gasteiger partial charge in [-0.1, -0.05) is 13.0 Å². The third-order valence-corrected chi connectivity index (χ3v) is 5.52. The van der Waals surface area contributed by atoms with Crippen LogP contribution in [0.4, 0.5) is 14.9 Å². The number of likely N-dealkylation sites (tertiary alicyclic amines) is 1. The molecule has 0 aromatic heterocycles. The van der Waals surface area contributed by atoms with Gasteiger partial charge in [-0.05, 0) is 37.0 Å². The van der Waals surface area contributed by atoms with Crippen LogP contribution in [0.1, 0.15) is 26.2 Å². The predicted octanol–water partition coefficient (Wildman–Crippen LogP) is 1.08. The zero-order valence-corrected chi connectivity index (χ0v) is 16.4. The lowest BCUT2D eigenvalue weighted by Crippen LogP contribution is -2.42. The fourth-order valence-corrected chi connectivity index (χ4v) is 3.66. The van der Waals surface area contributed by atoms with Gasteiger partial charge in [0.25, 0.3) is 0 Å². The molecule has 3 rings (SSSR count). The number of hydrogen-bond donors (Lipinski definition) is 4. The summed E-state index contributed by atoms with van der Waals surface area (Å²) in [6.07, 6.45) is -2.20. The minimum Gasteiger partial charge on any atom is -0.388 e. The van der Waals surface area contributed by atoms with Crippen LogP contribution < -0.4 is 10.6 Å². The van der Waals surface area contributed by atoms with E-state index in [1.165, 1.54) is 24.3 Å². The number of anilines is 1. The molecule has 3 amide bonds. The second kappa shape index (κ2) is 9.51. The van der Waals surface area contributed by atoms with Crippen LogP contribution in [0, 0.1) is 11.7 Å². The van der Waals surface area contributed by atoms with Gasteiger partial charge in [0, 0.05) is 25.3 Å². The Morgan fingerprint density at radius 3 is 2.59 bits per heavy atom. The molecular formula is C20H28FN3O5. The van der Waals surface area contributed by atoms with Gasteiger partial charge in [0.15, 0.2) is 0 Å². The summed E-state index contributed by atoms with van der Waals surface area (Å²) in [5.74, 6) is 0.0184. The number of ether oxygens (including phenoxy) is 1. The van der Waals surface area contributed by atoms with E-state index in [4.69, 9.17) is 4.74 Å². The highest BCUT2D eigenvalue weighted by Crippen LogP contribution is 2.25. The highest BCUT2D eigenvalue weighted by atomic mass is 19.1. The molecule has 29 heavy (non-hydrogen) atoms. The number of piperidine rings is 1. The lowest BCUT2D eigenvalue weighted by Gasteiger charge is -2.31. The summed E-state index contributed by atoms with van der Waals surface area (Å²) in [6.45, 7) is 3.47. The second-order valence-electron chi connectivity index (χ2n) is 7.81. The SMILES string of the molecule is CC1CCN(C(=O)C[C@H]2O[C@H](CNC(=O)Nc3cccc(F)c3)[C@@H](O)[C@H]2O)CC1. The zero-order valence-electron chi connectivity index (χ0n) is 16.4. The van der Waals surface area contributed by atoms with Gasteiger partial charge < -0.3 is 30.5 Å². The Bertz CT molecular complexity index is 726. The number of amides is 3. The van der Waals surface area contributed by atoms with E-state index in [0.717, 1.165) is 12.8 Å². The van der Waals surface area contributed by atoms with Crippen molar-refractivity contribution in [2.24, 2.45) is 5.92 Å². The summed E-state index contributed by atoms with van der Waals surface area (Å²) >= 11 is 0. The van der Waals surface area contributed by atoms with Crippen LogP contribution in [0.15, 0.2) is 24.3 Å². The van der Waals surface area contributed by atoms with E-state index in [1.807, 2.05) is 0 Å². The van der Waals surface area contributed by atoms with Gasteiger partial charge in [-0.25, -0.2) is 9.18 Å². The number of carbonyl (C=O) groups is 2. The summed E-state index contributed by atoms with van der Waals surface area (Å²) in [6, 6.07) is 4.85. The molecule has 0 bridgehead atoms. The second-order valence-corrected chi connectivity index (χ2v) is 7.81. The minimum absolute atomic E-state index is 0.0153. The highest BCUT2D eigenvalue weighted by molar-refractivity contribution is 5.89. The average molecular weight is 409 g/mol. The average Bonchev–Trinajstić information content (AvgIpc) is 2.95. The first kappa shape index (κ1) is 21.5. The predicted molar refractivity (Wildman–Crippen MR) is 104 cm³/mol. The van der Waals surface area contributed by atoms with E-state index in [9.17, 15) is 24.2 Å². The standard InChI is InChI=1S/C20H28FN3O5/c1-12-5-7-24(8-6-12)17(25)10-15-18(26)19(27)16(29-15)11-22-20(28)23-14-4-2-3-13(21)9-14/h2-4,9,12,15-16,18-19,26-27H,5-8,10-11H2,1H3,(H2,22,23,28)/t15-,16-,18+,19-/m1/s1. The smallest absolute Gasteiger partial charge is 0.319 e. The quantitative estimate of drug-likeness (QED) is 0.582. The number of benzene rings is 1. The van der Waals surface area contributed by atoms with Crippen LogP contribution in [0.25, 0.3) is 0 Å². The van der Waals surface area contributed by atoms with E-state index >= 15 is 0 Å².